The van der Waals surface area contributed by atoms with Crippen molar-refractivity contribution in [3.05, 3.63) is 42.5 Å². The van der Waals surface area contributed by atoms with Gasteiger partial charge in [-0.05, 0) is 29.8 Å². The van der Waals surface area contributed by atoms with Crippen molar-refractivity contribution >= 4 is 40.4 Å². The predicted molar refractivity (Wildman–Crippen MR) is 70.8 cm³/mol. The van der Waals surface area contributed by atoms with Crippen LogP contribution in [0.4, 0.5) is 0 Å². The third-order valence-electron chi connectivity index (χ3n) is 2.58. The fourth-order valence-electron chi connectivity index (χ4n) is 1.81. The van der Waals surface area contributed by atoms with Crippen molar-refractivity contribution in [2.24, 2.45) is 0 Å². The zero-order valence-corrected chi connectivity index (χ0v) is 10.7. The number of fused-ring (bicyclic) bond motifs is 1. The molecule has 0 spiro atoms. The second-order valence-electron chi connectivity index (χ2n) is 3.71. The maximum absolute atomic E-state index is 11.1. The first-order valence-electron chi connectivity index (χ1n) is 5.11. The molecule has 90 valence electrons. The number of benzene rings is 1. The Balaban J connectivity index is 2.26. The SMILES string of the molecule is O=C(Cl)c1cc2c(-n3cnc(S)c3)cccc2o1. The van der Waals surface area contributed by atoms with E-state index in [1.165, 1.54) is 0 Å². The number of aromatic nitrogens is 2. The number of nitrogens with zero attached hydrogens (tertiary/aromatic N) is 2. The molecule has 0 radical (unpaired) electrons. The van der Waals surface area contributed by atoms with E-state index < -0.39 is 5.24 Å². The Morgan fingerprint density at radius 3 is 2.94 bits per heavy atom. The van der Waals surface area contributed by atoms with Crippen LogP contribution in [-0.4, -0.2) is 14.8 Å². The maximum Gasteiger partial charge on any atom is 0.287 e. The van der Waals surface area contributed by atoms with Crippen LogP contribution in [0.1, 0.15) is 10.6 Å². The highest BCUT2D eigenvalue weighted by atomic mass is 35.5. The average molecular weight is 279 g/mol. The van der Waals surface area contributed by atoms with Gasteiger partial charge in [0.25, 0.3) is 5.24 Å². The van der Waals surface area contributed by atoms with Crippen LogP contribution in [0.3, 0.4) is 0 Å². The largest absolute Gasteiger partial charge is 0.452 e. The van der Waals surface area contributed by atoms with Crippen molar-refractivity contribution in [2.75, 3.05) is 0 Å². The summed E-state index contributed by atoms with van der Waals surface area (Å²) < 4.78 is 7.17. The van der Waals surface area contributed by atoms with Gasteiger partial charge in [0.2, 0.25) is 0 Å². The fraction of sp³-hybridized carbons (Fsp3) is 0. The first kappa shape index (κ1) is 11.4. The highest BCUT2D eigenvalue weighted by Crippen LogP contribution is 2.27. The Morgan fingerprint density at radius 1 is 1.44 bits per heavy atom. The van der Waals surface area contributed by atoms with Crippen LogP contribution in [0.2, 0.25) is 0 Å². The molecule has 0 aliphatic heterocycles. The summed E-state index contributed by atoms with van der Waals surface area (Å²) in [4.78, 5) is 15.2. The number of hydrogen-bond acceptors (Lipinski definition) is 4. The fourth-order valence-corrected chi connectivity index (χ4v) is 2.08. The number of furan rings is 1. The van der Waals surface area contributed by atoms with E-state index in [1.807, 2.05) is 16.7 Å². The van der Waals surface area contributed by atoms with Crippen LogP contribution in [0.25, 0.3) is 16.7 Å². The Hall–Kier alpha value is -1.72. The van der Waals surface area contributed by atoms with Gasteiger partial charge in [-0.2, -0.15) is 0 Å². The number of hydrogen-bond donors (Lipinski definition) is 1. The molecule has 3 aromatic rings. The third-order valence-corrected chi connectivity index (χ3v) is 3.00. The van der Waals surface area contributed by atoms with Crippen molar-refractivity contribution in [1.82, 2.24) is 9.55 Å². The molecule has 0 N–H and O–H groups in total. The minimum atomic E-state index is -0.613. The molecule has 0 amide bonds. The molecular weight excluding hydrogens is 272 g/mol. The van der Waals surface area contributed by atoms with Gasteiger partial charge in [-0.25, -0.2) is 4.98 Å². The van der Waals surface area contributed by atoms with Crippen LogP contribution in [0.5, 0.6) is 0 Å². The van der Waals surface area contributed by atoms with Crippen molar-refractivity contribution in [3.63, 3.8) is 0 Å². The Kier molecular flexibility index (Phi) is 2.65. The quantitative estimate of drug-likeness (QED) is 0.578. The lowest BCUT2D eigenvalue weighted by atomic mass is 10.2. The van der Waals surface area contributed by atoms with Crippen molar-refractivity contribution in [1.29, 1.82) is 0 Å². The molecule has 6 heteroatoms. The number of halogens is 1. The third kappa shape index (κ3) is 1.81. The molecule has 0 saturated carbocycles. The van der Waals surface area contributed by atoms with E-state index in [1.54, 1.807) is 24.7 Å². The van der Waals surface area contributed by atoms with E-state index in [9.17, 15) is 4.79 Å². The lowest BCUT2D eigenvalue weighted by Gasteiger charge is -2.02. The summed E-state index contributed by atoms with van der Waals surface area (Å²) in [5.41, 5.74) is 1.46. The Labute approximate surface area is 113 Å². The first-order valence-corrected chi connectivity index (χ1v) is 5.93. The van der Waals surface area contributed by atoms with E-state index in [0.717, 1.165) is 11.1 Å². The zero-order chi connectivity index (χ0) is 12.7. The predicted octanol–water partition coefficient (Wildman–Crippen LogP) is 3.29. The average Bonchev–Trinajstić information content (AvgIpc) is 2.94. The monoisotopic (exact) mass is 278 g/mol. The molecule has 0 atom stereocenters. The van der Waals surface area contributed by atoms with Crippen molar-refractivity contribution in [3.8, 4) is 5.69 Å². The van der Waals surface area contributed by atoms with Gasteiger partial charge in [0.1, 0.15) is 16.9 Å². The van der Waals surface area contributed by atoms with E-state index >= 15 is 0 Å². The number of carbonyl (C=O) groups excluding carboxylic acids is 1. The number of carbonyl (C=O) groups is 1. The number of rotatable bonds is 2. The summed E-state index contributed by atoms with van der Waals surface area (Å²) in [6.07, 6.45) is 3.42. The highest BCUT2D eigenvalue weighted by molar-refractivity contribution is 7.80. The summed E-state index contributed by atoms with van der Waals surface area (Å²) >= 11 is 9.57. The lowest BCUT2D eigenvalue weighted by Crippen LogP contribution is -1.89. The van der Waals surface area contributed by atoms with Crippen molar-refractivity contribution < 1.29 is 9.21 Å². The second-order valence-corrected chi connectivity index (χ2v) is 4.51. The molecule has 0 aliphatic carbocycles. The Bertz CT molecular complexity index is 747. The summed E-state index contributed by atoms with van der Waals surface area (Å²) in [7, 11) is 0. The van der Waals surface area contributed by atoms with Crippen LogP contribution in [0, 0.1) is 0 Å². The normalized spacial score (nSPS) is 11.0. The molecular formula is C12H7ClN2O2S. The molecule has 0 unspecified atom stereocenters. The summed E-state index contributed by atoms with van der Waals surface area (Å²) in [5, 5.41) is 0.800. The summed E-state index contributed by atoms with van der Waals surface area (Å²) in [5.74, 6) is 0.130. The molecule has 3 rings (SSSR count). The maximum atomic E-state index is 11.1. The molecule has 18 heavy (non-hydrogen) atoms. The molecule has 2 heterocycles. The van der Waals surface area contributed by atoms with Crippen LogP contribution in [0.15, 0.2) is 46.2 Å². The van der Waals surface area contributed by atoms with Gasteiger partial charge in [-0.15, -0.1) is 12.6 Å². The molecule has 0 saturated heterocycles. The first-order chi connectivity index (χ1) is 8.65. The molecule has 0 fully saturated rings. The molecule has 1 aromatic carbocycles. The molecule has 0 bridgehead atoms. The molecule has 2 aromatic heterocycles. The summed E-state index contributed by atoms with van der Waals surface area (Å²) in [6, 6.07) is 7.13. The molecule has 4 nitrogen and oxygen atoms in total. The van der Waals surface area contributed by atoms with Crippen molar-refractivity contribution in [2.45, 2.75) is 5.03 Å². The highest BCUT2D eigenvalue weighted by Gasteiger charge is 2.13. The van der Waals surface area contributed by atoms with E-state index in [2.05, 4.69) is 17.6 Å². The minimum Gasteiger partial charge on any atom is -0.452 e. The lowest BCUT2D eigenvalue weighted by molar-refractivity contribution is 0.105. The van der Waals surface area contributed by atoms with Gasteiger partial charge in [-0.3, -0.25) is 4.79 Å². The second kappa shape index (κ2) is 4.19. The van der Waals surface area contributed by atoms with E-state index in [0.29, 0.717) is 10.6 Å². The standard InChI is InChI=1S/C12H7ClN2O2S/c13-12(16)10-4-7-8(2-1-3-9(7)17-10)15-5-11(18)14-6-15/h1-6,18H. The van der Waals surface area contributed by atoms with E-state index in [-0.39, 0.29) is 5.76 Å². The van der Waals surface area contributed by atoms with Gasteiger partial charge >= 0.3 is 0 Å². The van der Waals surface area contributed by atoms with Gasteiger partial charge in [0.15, 0.2) is 5.76 Å². The van der Waals surface area contributed by atoms with Gasteiger partial charge in [-0.1, -0.05) is 6.07 Å². The van der Waals surface area contributed by atoms with Gasteiger partial charge < -0.3 is 8.98 Å². The summed E-state index contributed by atoms with van der Waals surface area (Å²) in [6.45, 7) is 0. The van der Waals surface area contributed by atoms with Crippen LogP contribution >= 0.6 is 24.2 Å². The van der Waals surface area contributed by atoms with E-state index in [4.69, 9.17) is 16.0 Å². The van der Waals surface area contributed by atoms with Crippen LogP contribution < -0.4 is 0 Å². The van der Waals surface area contributed by atoms with Gasteiger partial charge in [0.05, 0.1) is 5.69 Å². The zero-order valence-electron chi connectivity index (χ0n) is 9.00. The number of thiol groups is 1. The number of imidazole rings is 1. The topological polar surface area (TPSA) is 48.0 Å². The minimum absolute atomic E-state index is 0.130. The smallest absolute Gasteiger partial charge is 0.287 e. The van der Waals surface area contributed by atoms with Gasteiger partial charge in [0, 0.05) is 11.6 Å². The Morgan fingerprint density at radius 2 is 2.28 bits per heavy atom. The molecule has 0 aliphatic rings. The van der Waals surface area contributed by atoms with Crippen LogP contribution in [-0.2, 0) is 0 Å².